The molecule has 0 bridgehead atoms. The summed E-state index contributed by atoms with van der Waals surface area (Å²) < 4.78 is 16.0. The molecular weight excluding hydrogens is 457 g/mol. The van der Waals surface area contributed by atoms with Crippen LogP contribution in [0.4, 0.5) is 0 Å². The van der Waals surface area contributed by atoms with Crippen LogP contribution in [0.15, 0.2) is 52.1 Å². The summed E-state index contributed by atoms with van der Waals surface area (Å²) >= 11 is 0. The lowest BCUT2D eigenvalue weighted by molar-refractivity contribution is 0.186. The zero-order chi connectivity index (χ0) is 18.0. The molecule has 0 saturated carbocycles. The molecule has 1 saturated heterocycles. The second-order valence-electron chi connectivity index (χ2n) is 6.38. The van der Waals surface area contributed by atoms with E-state index in [2.05, 4.69) is 10.6 Å². The van der Waals surface area contributed by atoms with Crippen LogP contribution in [0.5, 0.6) is 5.75 Å². The highest BCUT2D eigenvalue weighted by Crippen LogP contribution is 2.12. The van der Waals surface area contributed by atoms with E-state index in [0.717, 1.165) is 62.2 Å². The number of methoxy groups -OCH3 is 1. The lowest BCUT2D eigenvalue weighted by Gasteiger charge is -2.15. The summed E-state index contributed by atoms with van der Waals surface area (Å²) in [6.07, 6.45) is 3.63. The Hall–Kier alpha value is -1.74. The van der Waals surface area contributed by atoms with E-state index < -0.39 is 0 Å². The van der Waals surface area contributed by atoms with Crippen molar-refractivity contribution < 1.29 is 13.9 Å². The third-order valence-corrected chi connectivity index (χ3v) is 4.40. The molecule has 1 aromatic carbocycles. The first-order chi connectivity index (χ1) is 12.8. The Morgan fingerprint density at radius 2 is 2.07 bits per heavy atom. The van der Waals surface area contributed by atoms with Gasteiger partial charge in [0.1, 0.15) is 11.5 Å². The van der Waals surface area contributed by atoms with Crippen molar-refractivity contribution in [1.29, 1.82) is 0 Å². The SMILES string of the molecule is COc1ccc(CN=C(NCCc2ccco2)NCC2CCOC2)cc1.I. The molecule has 1 aromatic heterocycles. The topological polar surface area (TPSA) is 68.0 Å². The van der Waals surface area contributed by atoms with Gasteiger partial charge >= 0.3 is 0 Å². The van der Waals surface area contributed by atoms with Crippen LogP contribution in [0.2, 0.25) is 0 Å². The number of guanidine groups is 1. The Balaban J connectivity index is 0.00000261. The average Bonchev–Trinajstić information content (AvgIpc) is 3.38. The molecule has 0 aliphatic carbocycles. The summed E-state index contributed by atoms with van der Waals surface area (Å²) in [5, 5.41) is 6.83. The summed E-state index contributed by atoms with van der Waals surface area (Å²) in [6.45, 7) is 3.93. The van der Waals surface area contributed by atoms with Crippen molar-refractivity contribution in [2.75, 3.05) is 33.4 Å². The summed E-state index contributed by atoms with van der Waals surface area (Å²) in [7, 11) is 1.67. The van der Waals surface area contributed by atoms with Crippen molar-refractivity contribution >= 4 is 29.9 Å². The van der Waals surface area contributed by atoms with Crippen molar-refractivity contribution in [1.82, 2.24) is 10.6 Å². The third-order valence-electron chi connectivity index (χ3n) is 4.40. The van der Waals surface area contributed by atoms with Gasteiger partial charge in [-0.15, -0.1) is 24.0 Å². The van der Waals surface area contributed by atoms with Gasteiger partial charge in [0.05, 0.1) is 26.5 Å². The van der Waals surface area contributed by atoms with Crippen molar-refractivity contribution in [3.05, 3.63) is 54.0 Å². The number of nitrogens with zero attached hydrogens (tertiary/aromatic N) is 1. The molecule has 7 heteroatoms. The number of halogens is 1. The number of aliphatic imine (C=N–C) groups is 1. The van der Waals surface area contributed by atoms with Gasteiger partial charge in [-0.05, 0) is 36.2 Å². The number of hydrogen-bond donors (Lipinski definition) is 2. The van der Waals surface area contributed by atoms with Gasteiger partial charge in [-0.25, -0.2) is 4.99 Å². The first-order valence-corrected chi connectivity index (χ1v) is 9.09. The summed E-state index contributed by atoms with van der Waals surface area (Å²) in [5.41, 5.74) is 1.14. The minimum Gasteiger partial charge on any atom is -0.497 e. The lowest BCUT2D eigenvalue weighted by Crippen LogP contribution is -2.40. The monoisotopic (exact) mass is 485 g/mol. The quantitative estimate of drug-likeness (QED) is 0.342. The standard InChI is InChI=1S/C20H27N3O3.HI/c1-24-18-6-4-16(5-7-18)13-22-20(23-14-17-9-12-25-15-17)21-10-8-19-3-2-11-26-19;/h2-7,11,17H,8-10,12-15H2,1H3,(H2,21,22,23);1H. The number of nitrogens with one attached hydrogen (secondary N) is 2. The van der Waals surface area contributed by atoms with E-state index in [-0.39, 0.29) is 24.0 Å². The zero-order valence-corrected chi connectivity index (χ0v) is 18.0. The molecule has 148 valence electrons. The number of rotatable bonds is 8. The summed E-state index contributed by atoms with van der Waals surface area (Å²) in [5.74, 6) is 3.19. The van der Waals surface area contributed by atoms with Gasteiger partial charge in [-0.2, -0.15) is 0 Å². The molecule has 0 spiro atoms. The van der Waals surface area contributed by atoms with Crippen molar-refractivity contribution in [2.24, 2.45) is 10.9 Å². The first-order valence-electron chi connectivity index (χ1n) is 9.09. The molecular formula is C20H28IN3O3. The molecule has 1 atom stereocenters. The van der Waals surface area contributed by atoms with E-state index in [9.17, 15) is 0 Å². The Morgan fingerprint density at radius 1 is 1.22 bits per heavy atom. The van der Waals surface area contributed by atoms with Crippen molar-refractivity contribution in [2.45, 2.75) is 19.4 Å². The highest BCUT2D eigenvalue weighted by Gasteiger charge is 2.15. The first kappa shape index (κ1) is 21.6. The molecule has 6 nitrogen and oxygen atoms in total. The van der Waals surface area contributed by atoms with Crippen LogP contribution in [-0.4, -0.2) is 39.4 Å². The molecule has 2 aromatic rings. The van der Waals surface area contributed by atoms with Crippen LogP contribution in [0.25, 0.3) is 0 Å². The highest BCUT2D eigenvalue weighted by molar-refractivity contribution is 14.0. The molecule has 0 radical (unpaired) electrons. The van der Waals surface area contributed by atoms with Gasteiger partial charge in [-0.1, -0.05) is 12.1 Å². The Labute approximate surface area is 177 Å². The fraction of sp³-hybridized carbons (Fsp3) is 0.450. The maximum Gasteiger partial charge on any atom is 0.191 e. The maximum absolute atomic E-state index is 5.45. The van der Waals surface area contributed by atoms with E-state index in [1.54, 1.807) is 13.4 Å². The largest absolute Gasteiger partial charge is 0.497 e. The molecule has 27 heavy (non-hydrogen) atoms. The second kappa shape index (κ2) is 11.9. The van der Waals surface area contributed by atoms with Gasteiger partial charge in [0.2, 0.25) is 0 Å². The number of hydrogen-bond acceptors (Lipinski definition) is 4. The Kier molecular flexibility index (Phi) is 9.47. The van der Waals surface area contributed by atoms with Crippen molar-refractivity contribution in [3.8, 4) is 5.75 Å². The number of furan rings is 1. The molecule has 0 amide bonds. The lowest BCUT2D eigenvalue weighted by atomic mass is 10.1. The molecule has 1 aliphatic rings. The predicted octanol–water partition coefficient (Wildman–Crippen LogP) is 3.22. The van der Waals surface area contributed by atoms with E-state index in [0.29, 0.717) is 12.5 Å². The minimum atomic E-state index is 0. The van der Waals surface area contributed by atoms with Gasteiger partial charge < -0.3 is 24.5 Å². The van der Waals surface area contributed by atoms with Crippen molar-refractivity contribution in [3.63, 3.8) is 0 Å². The fourth-order valence-electron chi connectivity index (χ4n) is 2.82. The van der Waals surface area contributed by atoms with E-state index in [1.807, 2.05) is 36.4 Å². The molecule has 1 aliphatic heterocycles. The predicted molar refractivity (Wildman–Crippen MR) is 117 cm³/mol. The van der Waals surface area contributed by atoms with Gasteiger partial charge in [0, 0.05) is 32.0 Å². The zero-order valence-electron chi connectivity index (χ0n) is 15.6. The molecule has 1 fully saturated rings. The minimum absolute atomic E-state index is 0. The smallest absolute Gasteiger partial charge is 0.191 e. The normalized spacial score (nSPS) is 16.6. The van der Waals surface area contributed by atoms with E-state index in [1.165, 1.54) is 0 Å². The second-order valence-corrected chi connectivity index (χ2v) is 6.38. The van der Waals surface area contributed by atoms with Crippen LogP contribution in [0.3, 0.4) is 0 Å². The van der Waals surface area contributed by atoms with Crippen LogP contribution >= 0.6 is 24.0 Å². The highest BCUT2D eigenvalue weighted by atomic mass is 127. The fourth-order valence-corrected chi connectivity index (χ4v) is 2.82. The maximum atomic E-state index is 5.45. The summed E-state index contributed by atoms with van der Waals surface area (Å²) in [4.78, 5) is 4.71. The molecule has 2 heterocycles. The summed E-state index contributed by atoms with van der Waals surface area (Å²) in [6, 6.07) is 11.9. The van der Waals surface area contributed by atoms with E-state index >= 15 is 0 Å². The van der Waals surface area contributed by atoms with Crippen LogP contribution < -0.4 is 15.4 Å². The average molecular weight is 485 g/mol. The van der Waals surface area contributed by atoms with Gasteiger partial charge in [0.15, 0.2) is 5.96 Å². The molecule has 1 unspecified atom stereocenters. The Bertz CT molecular complexity index is 668. The Morgan fingerprint density at radius 3 is 2.74 bits per heavy atom. The molecule has 2 N–H and O–H groups in total. The third kappa shape index (κ3) is 7.42. The van der Waals surface area contributed by atoms with Gasteiger partial charge in [-0.3, -0.25) is 0 Å². The van der Waals surface area contributed by atoms with Crippen LogP contribution in [0.1, 0.15) is 17.7 Å². The number of ether oxygens (including phenoxy) is 2. The van der Waals surface area contributed by atoms with E-state index in [4.69, 9.17) is 18.9 Å². The van der Waals surface area contributed by atoms with Crippen LogP contribution in [0, 0.1) is 5.92 Å². The number of benzene rings is 1. The van der Waals surface area contributed by atoms with Crippen LogP contribution in [-0.2, 0) is 17.7 Å². The van der Waals surface area contributed by atoms with Gasteiger partial charge in [0.25, 0.3) is 0 Å². The molecule has 3 rings (SSSR count).